The molecule has 1 aromatic heterocycles. The van der Waals surface area contributed by atoms with Crippen molar-refractivity contribution in [2.24, 2.45) is 7.05 Å². The molecule has 0 spiro atoms. The molecule has 7 nitrogen and oxygen atoms in total. The van der Waals surface area contributed by atoms with Crippen LogP contribution in [-0.2, 0) is 18.3 Å². The van der Waals surface area contributed by atoms with Crippen molar-refractivity contribution in [2.45, 2.75) is 25.0 Å². The molecule has 0 aliphatic carbocycles. The van der Waals surface area contributed by atoms with E-state index >= 15 is 0 Å². The molecule has 3 heterocycles. The van der Waals surface area contributed by atoms with E-state index in [0.29, 0.717) is 18.8 Å². The van der Waals surface area contributed by atoms with Gasteiger partial charge in [0.05, 0.1) is 18.9 Å². The monoisotopic (exact) mass is 356 g/mol. The number of rotatable bonds is 4. The van der Waals surface area contributed by atoms with Gasteiger partial charge in [-0.3, -0.25) is 14.4 Å². The van der Waals surface area contributed by atoms with Gasteiger partial charge in [0.25, 0.3) is 0 Å². The summed E-state index contributed by atoms with van der Waals surface area (Å²) in [4.78, 5) is 16.7. The van der Waals surface area contributed by atoms with Crippen LogP contribution in [0.2, 0.25) is 0 Å². The van der Waals surface area contributed by atoms with E-state index in [2.05, 4.69) is 11.2 Å². The number of β-amino-alcohol motifs (C(OH)–C–C–N with tert-alkyl or cyclic N) is 1. The number of carbonyl (C=O) groups is 1. The molecule has 1 fully saturated rings. The van der Waals surface area contributed by atoms with Crippen LogP contribution in [0.3, 0.4) is 0 Å². The average Bonchev–Trinajstić information content (AvgIpc) is 3.20. The SMILES string of the molecule is Cn1cc(O[C@@H]2CN(CC(=O)N3CCCc4ccccc43)C[C@H]2O)cn1. The van der Waals surface area contributed by atoms with Gasteiger partial charge in [-0.05, 0) is 24.5 Å². The largest absolute Gasteiger partial charge is 0.483 e. The highest BCUT2D eigenvalue weighted by atomic mass is 16.5. The first-order chi connectivity index (χ1) is 12.6. The molecule has 1 aromatic carbocycles. The van der Waals surface area contributed by atoms with Crippen LogP contribution in [0.5, 0.6) is 5.75 Å². The summed E-state index contributed by atoms with van der Waals surface area (Å²) < 4.78 is 7.48. The number of aliphatic hydroxyl groups is 1. The predicted octanol–water partition coefficient (Wildman–Crippen LogP) is 0.823. The minimum atomic E-state index is -0.614. The number of hydrogen-bond donors (Lipinski definition) is 1. The molecule has 26 heavy (non-hydrogen) atoms. The number of carbonyl (C=O) groups excluding carboxylic acids is 1. The van der Waals surface area contributed by atoms with E-state index in [4.69, 9.17) is 4.74 Å². The van der Waals surface area contributed by atoms with Gasteiger partial charge in [-0.15, -0.1) is 0 Å². The van der Waals surface area contributed by atoms with E-state index in [-0.39, 0.29) is 18.6 Å². The third-order valence-corrected chi connectivity index (χ3v) is 5.05. The predicted molar refractivity (Wildman–Crippen MR) is 97.2 cm³/mol. The molecule has 2 atom stereocenters. The zero-order valence-electron chi connectivity index (χ0n) is 14.9. The summed E-state index contributed by atoms with van der Waals surface area (Å²) in [6, 6.07) is 8.09. The van der Waals surface area contributed by atoms with Crippen molar-refractivity contribution in [2.75, 3.05) is 31.1 Å². The Morgan fingerprint density at radius 1 is 1.35 bits per heavy atom. The number of fused-ring (bicyclic) bond motifs is 1. The van der Waals surface area contributed by atoms with Gasteiger partial charge in [-0.2, -0.15) is 5.10 Å². The van der Waals surface area contributed by atoms with E-state index in [0.717, 1.165) is 25.1 Å². The molecule has 4 rings (SSSR count). The maximum atomic E-state index is 12.8. The summed E-state index contributed by atoms with van der Waals surface area (Å²) in [5.74, 6) is 0.709. The van der Waals surface area contributed by atoms with Crippen LogP contribution in [0, 0.1) is 0 Å². The average molecular weight is 356 g/mol. The summed E-state index contributed by atoms with van der Waals surface area (Å²) in [6.07, 6.45) is 4.44. The Hall–Kier alpha value is -2.38. The Morgan fingerprint density at radius 3 is 3.00 bits per heavy atom. The molecule has 2 aliphatic heterocycles. The summed E-state index contributed by atoms with van der Waals surface area (Å²) in [6.45, 7) is 2.00. The highest BCUT2D eigenvalue weighted by molar-refractivity contribution is 5.96. The number of anilines is 1. The van der Waals surface area contributed by atoms with Crippen molar-refractivity contribution in [1.82, 2.24) is 14.7 Å². The fraction of sp³-hybridized carbons (Fsp3) is 0.474. The number of benzene rings is 1. The molecule has 1 N–H and O–H groups in total. The van der Waals surface area contributed by atoms with E-state index in [1.807, 2.05) is 35.0 Å². The standard InChI is InChI=1S/C19H24N4O3/c1-21-10-15(9-20-21)26-18-12-22(11-17(18)24)13-19(25)23-8-4-6-14-5-2-3-7-16(14)23/h2-3,5,7,9-10,17-18,24H,4,6,8,11-13H2,1H3/t17-,18-/m1/s1. The summed E-state index contributed by atoms with van der Waals surface area (Å²) >= 11 is 0. The Kier molecular flexibility index (Phi) is 4.65. The highest BCUT2D eigenvalue weighted by Gasteiger charge is 2.35. The lowest BCUT2D eigenvalue weighted by atomic mass is 10.0. The van der Waals surface area contributed by atoms with Crippen molar-refractivity contribution in [1.29, 1.82) is 0 Å². The molecule has 0 saturated carbocycles. The lowest BCUT2D eigenvalue weighted by molar-refractivity contribution is -0.119. The highest BCUT2D eigenvalue weighted by Crippen LogP contribution is 2.27. The zero-order chi connectivity index (χ0) is 18.1. The van der Waals surface area contributed by atoms with Crippen molar-refractivity contribution in [3.63, 3.8) is 0 Å². The Bertz CT molecular complexity index is 791. The fourth-order valence-electron chi connectivity index (χ4n) is 3.78. The number of aliphatic hydroxyl groups excluding tert-OH is 1. The van der Waals surface area contributed by atoms with Gasteiger partial charge >= 0.3 is 0 Å². The summed E-state index contributed by atoms with van der Waals surface area (Å²) in [5, 5.41) is 14.4. The maximum Gasteiger partial charge on any atom is 0.241 e. The third kappa shape index (κ3) is 3.45. The maximum absolute atomic E-state index is 12.8. The van der Waals surface area contributed by atoms with Crippen molar-refractivity contribution >= 4 is 11.6 Å². The van der Waals surface area contributed by atoms with Crippen LogP contribution in [-0.4, -0.2) is 64.1 Å². The summed E-state index contributed by atoms with van der Waals surface area (Å²) in [7, 11) is 1.82. The Morgan fingerprint density at radius 2 is 2.19 bits per heavy atom. The number of amides is 1. The topological polar surface area (TPSA) is 70.8 Å². The quantitative estimate of drug-likeness (QED) is 0.878. The van der Waals surface area contributed by atoms with E-state index in [1.54, 1.807) is 17.1 Å². The van der Waals surface area contributed by atoms with Gasteiger partial charge < -0.3 is 14.7 Å². The molecule has 7 heteroatoms. The summed E-state index contributed by atoms with van der Waals surface area (Å²) in [5.41, 5.74) is 2.25. The first kappa shape index (κ1) is 17.1. The molecule has 2 aliphatic rings. The van der Waals surface area contributed by atoms with Crippen molar-refractivity contribution < 1.29 is 14.6 Å². The first-order valence-electron chi connectivity index (χ1n) is 9.04. The third-order valence-electron chi connectivity index (χ3n) is 5.05. The second kappa shape index (κ2) is 7.09. The first-order valence-corrected chi connectivity index (χ1v) is 9.04. The molecular formula is C19H24N4O3. The fourth-order valence-corrected chi connectivity index (χ4v) is 3.78. The van der Waals surface area contributed by atoms with Crippen LogP contribution in [0.15, 0.2) is 36.7 Å². The normalized spacial score (nSPS) is 23.1. The molecular weight excluding hydrogens is 332 g/mol. The second-order valence-corrected chi connectivity index (χ2v) is 7.05. The minimum Gasteiger partial charge on any atom is -0.483 e. The number of aromatic nitrogens is 2. The van der Waals surface area contributed by atoms with Crippen LogP contribution in [0.1, 0.15) is 12.0 Å². The number of likely N-dealkylation sites (tertiary alicyclic amines) is 1. The lowest BCUT2D eigenvalue weighted by Gasteiger charge is -2.30. The Balaban J connectivity index is 1.38. The zero-order valence-corrected chi connectivity index (χ0v) is 14.9. The van der Waals surface area contributed by atoms with E-state index in [1.165, 1.54) is 5.56 Å². The van der Waals surface area contributed by atoms with Crippen LogP contribution in [0.25, 0.3) is 0 Å². The smallest absolute Gasteiger partial charge is 0.241 e. The molecule has 1 amide bonds. The van der Waals surface area contributed by atoms with Crippen molar-refractivity contribution in [3.8, 4) is 5.75 Å². The van der Waals surface area contributed by atoms with Gasteiger partial charge in [-0.1, -0.05) is 18.2 Å². The van der Waals surface area contributed by atoms with Gasteiger partial charge in [0.15, 0.2) is 5.75 Å². The van der Waals surface area contributed by atoms with Gasteiger partial charge in [0, 0.05) is 32.4 Å². The molecule has 138 valence electrons. The minimum absolute atomic E-state index is 0.0753. The molecule has 2 aromatic rings. The van der Waals surface area contributed by atoms with E-state index < -0.39 is 6.10 Å². The molecule has 0 unspecified atom stereocenters. The number of para-hydroxylation sites is 1. The number of nitrogens with zero attached hydrogens (tertiary/aromatic N) is 4. The number of aryl methyl sites for hydroxylation is 2. The molecule has 0 bridgehead atoms. The van der Waals surface area contributed by atoms with Gasteiger partial charge in [0.1, 0.15) is 12.2 Å². The van der Waals surface area contributed by atoms with Crippen LogP contribution >= 0.6 is 0 Å². The van der Waals surface area contributed by atoms with Crippen molar-refractivity contribution in [3.05, 3.63) is 42.2 Å². The number of hydrogen-bond acceptors (Lipinski definition) is 5. The Labute approximate surface area is 152 Å². The van der Waals surface area contributed by atoms with Crippen LogP contribution in [0.4, 0.5) is 5.69 Å². The molecule has 1 saturated heterocycles. The van der Waals surface area contributed by atoms with Gasteiger partial charge in [0.2, 0.25) is 5.91 Å². The van der Waals surface area contributed by atoms with E-state index in [9.17, 15) is 9.90 Å². The molecule has 0 radical (unpaired) electrons. The van der Waals surface area contributed by atoms with Crippen LogP contribution < -0.4 is 9.64 Å². The van der Waals surface area contributed by atoms with Gasteiger partial charge in [-0.25, -0.2) is 0 Å². The second-order valence-electron chi connectivity index (χ2n) is 7.05. The number of ether oxygens (including phenoxy) is 1. The lowest BCUT2D eigenvalue weighted by Crippen LogP contribution is -2.42.